The van der Waals surface area contributed by atoms with Gasteiger partial charge in [-0.2, -0.15) is 0 Å². The van der Waals surface area contributed by atoms with Crippen LogP contribution in [0.15, 0.2) is 54.9 Å². The van der Waals surface area contributed by atoms with Crippen molar-refractivity contribution in [2.45, 2.75) is 0 Å². The van der Waals surface area contributed by atoms with Gasteiger partial charge in [0.2, 0.25) is 0 Å². The monoisotopic (exact) mass is 299 g/mol. The molecule has 1 heterocycles. The quantitative estimate of drug-likeness (QED) is 0.742. The van der Waals surface area contributed by atoms with Crippen LogP contribution < -0.4 is 5.32 Å². The van der Waals surface area contributed by atoms with Gasteiger partial charge in [-0.15, -0.1) is 11.3 Å². The van der Waals surface area contributed by atoms with Crippen molar-refractivity contribution in [3.8, 4) is 16.3 Å². The van der Waals surface area contributed by atoms with Crippen LogP contribution in [0.1, 0.15) is 0 Å². The Labute approximate surface area is 125 Å². The number of nitrogens with zero attached hydrogens (tertiary/aromatic N) is 1. The van der Waals surface area contributed by atoms with Gasteiger partial charge in [-0.3, -0.25) is 0 Å². The summed E-state index contributed by atoms with van der Waals surface area (Å²) in [5.41, 5.74) is 2.82. The van der Waals surface area contributed by atoms with Gasteiger partial charge >= 0.3 is 0 Å². The number of aromatic nitrogens is 1. The molecule has 2 N–H and O–H groups in total. The molecule has 0 aliphatic carbocycles. The lowest BCUT2D eigenvalue weighted by molar-refractivity contribution is 0.476. The van der Waals surface area contributed by atoms with E-state index in [1.807, 2.05) is 30.3 Å². The summed E-state index contributed by atoms with van der Waals surface area (Å²) in [6.45, 7) is 0.455. The number of rotatable bonds is 4. The van der Waals surface area contributed by atoms with Gasteiger partial charge in [0.15, 0.2) is 0 Å². The Bertz CT molecular complexity index is 781. The average Bonchev–Trinajstić information content (AvgIpc) is 2.91. The molecule has 3 rings (SSSR count). The van der Waals surface area contributed by atoms with E-state index in [0.717, 1.165) is 26.5 Å². The third-order valence-corrected chi connectivity index (χ3v) is 4.08. The molecule has 0 saturated carbocycles. The van der Waals surface area contributed by atoms with E-state index in [-0.39, 0.29) is 5.75 Å². The third kappa shape index (κ3) is 3.03. The Morgan fingerprint density at radius 1 is 1.19 bits per heavy atom. The van der Waals surface area contributed by atoms with E-state index in [9.17, 15) is 9.50 Å². The van der Waals surface area contributed by atoms with E-state index in [1.165, 1.54) is 17.4 Å². The first-order chi connectivity index (χ1) is 10.3. The van der Waals surface area contributed by atoms with Gasteiger partial charge in [-0.05, 0) is 48.5 Å². The summed E-state index contributed by atoms with van der Waals surface area (Å²) in [6.07, 6.45) is 1.94. The van der Waals surface area contributed by atoms with Gasteiger partial charge in [0.1, 0.15) is 10.8 Å². The molecule has 106 valence electrons. The standard InChI is InChI=1S/C16H13FN2OS/c17-8-1-9-18-12-4-2-11(3-5-12)16-19-14-7-6-13(20)10-15(14)21-16/h1-8,10,18,20H,9H2/b8-1+/i17-1. The van der Waals surface area contributed by atoms with Crippen molar-refractivity contribution < 1.29 is 9.50 Å². The lowest BCUT2D eigenvalue weighted by Gasteiger charge is -2.03. The van der Waals surface area contributed by atoms with Crippen molar-refractivity contribution >= 4 is 27.2 Å². The molecule has 21 heavy (non-hydrogen) atoms. The largest absolute Gasteiger partial charge is 0.508 e. The highest BCUT2D eigenvalue weighted by molar-refractivity contribution is 7.21. The minimum absolute atomic E-state index is 0.248. The molecule has 0 aliphatic heterocycles. The molecule has 0 radical (unpaired) electrons. The van der Waals surface area contributed by atoms with Gasteiger partial charge in [0.25, 0.3) is 0 Å². The van der Waals surface area contributed by atoms with Crippen LogP contribution in [-0.4, -0.2) is 16.6 Å². The van der Waals surface area contributed by atoms with Crippen molar-refractivity contribution in [2.24, 2.45) is 0 Å². The number of phenolic OH excluding ortho intramolecular Hbond substituents is 1. The van der Waals surface area contributed by atoms with Crippen LogP contribution in [0.4, 0.5) is 10.1 Å². The number of nitrogens with one attached hydrogen (secondary N) is 1. The molecule has 1 aromatic heterocycles. The molecule has 0 aliphatic rings. The van der Waals surface area contributed by atoms with Crippen LogP contribution in [0.3, 0.4) is 0 Å². The van der Waals surface area contributed by atoms with Crippen molar-refractivity contribution in [3.63, 3.8) is 0 Å². The Balaban J connectivity index is 1.84. The van der Waals surface area contributed by atoms with Crippen LogP contribution in [0, 0.1) is 0 Å². The van der Waals surface area contributed by atoms with Crippen LogP contribution in [0.2, 0.25) is 0 Å². The van der Waals surface area contributed by atoms with E-state index in [4.69, 9.17) is 0 Å². The summed E-state index contributed by atoms with van der Waals surface area (Å²) in [6, 6.07) is 13.0. The number of phenols is 1. The molecule has 0 fully saturated rings. The zero-order valence-corrected chi connectivity index (χ0v) is 11.9. The molecule has 0 spiro atoms. The smallest absolute Gasteiger partial charge is 0.124 e. The molecular weight excluding hydrogens is 286 g/mol. The van der Waals surface area contributed by atoms with Gasteiger partial charge in [-0.1, -0.05) is 0 Å². The molecule has 0 amide bonds. The Morgan fingerprint density at radius 2 is 2.00 bits per heavy atom. The van der Waals surface area contributed by atoms with Crippen molar-refractivity contribution in [2.75, 3.05) is 11.9 Å². The van der Waals surface area contributed by atoms with E-state index in [2.05, 4.69) is 10.3 Å². The predicted octanol–water partition coefficient (Wildman–Crippen LogP) is 4.56. The molecule has 5 heteroatoms. The minimum Gasteiger partial charge on any atom is -0.508 e. The number of fused-ring (bicyclic) bond motifs is 1. The van der Waals surface area contributed by atoms with Crippen LogP contribution >= 0.6 is 11.3 Å². The minimum atomic E-state index is 0.248. The van der Waals surface area contributed by atoms with Gasteiger partial charge in [0.05, 0.1) is 16.5 Å². The summed E-state index contributed by atoms with van der Waals surface area (Å²) in [4.78, 5) is 4.56. The first-order valence-electron chi connectivity index (χ1n) is 6.45. The number of hydrogen-bond acceptors (Lipinski definition) is 4. The second-order valence-electron chi connectivity index (χ2n) is 4.49. The SMILES string of the molecule is Oc1ccc2nc(-c3ccc(NC/C=C/[18F])cc3)sc2c1. The summed E-state index contributed by atoms with van der Waals surface area (Å²) in [5, 5.41) is 13.5. The fraction of sp³-hybridized carbons (Fsp3) is 0.0625. The zero-order chi connectivity index (χ0) is 14.7. The fourth-order valence-electron chi connectivity index (χ4n) is 1.99. The number of hydrogen-bond donors (Lipinski definition) is 2. The average molecular weight is 299 g/mol. The number of aromatic hydroxyl groups is 1. The number of thiazole rings is 1. The van der Waals surface area contributed by atoms with Gasteiger partial charge in [0, 0.05) is 17.8 Å². The highest BCUT2D eigenvalue weighted by Gasteiger charge is 2.06. The fourth-order valence-corrected chi connectivity index (χ4v) is 2.99. The lowest BCUT2D eigenvalue weighted by atomic mass is 10.2. The summed E-state index contributed by atoms with van der Waals surface area (Å²) in [5.74, 6) is 0.248. The van der Waals surface area contributed by atoms with E-state index < -0.39 is 0 Å². The molecule has 2 aromatic carbocycles. The normalized spacial score (nSPS) is 11.3. The number of halogens is 1. The third-order valence-electron chi connectivity index (χ3n) is 3.02. The topological polar surface area (TPSA) is 45.2 Å². The number of anilines is 1. The molecule has 3 aromatic rings. The van der Waals surface area contributed by atoms with Gasteiger partial charge in [-0.25, -0.2) is 9.37 Å². The summed E-state index contributed by atoms with van der Waals surface area (Å²) >= 11 is 1.54. The molecule has 0 saturated heterocycles. The van der Waals surface area contributed by atoms with Crippen molar-refractivity contribution in [1.29, 1.82) is 0 Å². The van der Waals surface area contributed by atoms with Gasteiger partial charge < -0.3 is 10.4 Å². The maximum absolute atomic E-state index is 11.9. The van der Waals surface area contributed by atoms with Crippen molar-refractivity contribution in [3.05, 3.63) is 54.9 Å². The highest BCUT2D eigenvalue weighted by Crippen LogP contribution is 2.32. The van der Waals surface area contributed by atoms with E-state index in [1.54, 1.807) is 12.1 Å². The second kappa shape index (κ2) is 5.93. The Kier molecular flexibility index (Phi) is 3.83. The van der Waals surface area contributed by atoms with Crippen molar-refractivity contribution in [1.82, 2.24) is 4.98 Å². The van der Waals surface area contributed by atoms with Crippen LogP contribution in [-0.2, 0) is 0 Å². The molecular formula is C16H13FN2OS. The first-order valence-corrected chi connectivity index (χ1v) is 7.27. The molecule has 0 unspecified atom stereocenters. The number of benzene rings is 2. The molecule has 3 nitrogen and oxygen atoms in total. The Morgan fingerprint density at radius 3 is 2.76 bits per heavy atom. The maximum Gasteiger partial charge on any atom is 0.124 e. The Hall–Kier alpha value is -2.40. The maximum atomic E-state index is 11.9. The first kappa shape index (κ1) is 13.6. The molecule has 0 atom stereocenters. The van der Waals surface area contributed by atoms with Crippen LogP contribution in [0.5, 0.6) is 5.75 Å². The predicted molar refractivity (Wildman–Crippen MR) is 85.5 cm³/mol. The highest BCUT2D eigenvalue weighted by atomic mass is 32.1. The second-order valence-corrected chi connectivity index (χ2v) is 5.52. The zero-order valence-electron chi connectivity index (χ0n) is 11.1. The lowest BCUT2D eigenvalue weighted by Crippen LogP contribution is -1.97. The van der Waals surface area contributed by atoms with E-state index in [0.29, 0.717) is 12.9 Å². The molecule has 0 bridgehead atoms. The van der Waals surface area contributed by atoms with Crippen LogP contribution in [0.25, 0.3) is 20.8 Å². The van der Waals surface area contributed by atoms with E-state index >= 15 is 0 Å². The summed E-state index contributed by atoms with van der Waals surface area (Å²) < 4.78 is 12.8. The summed E-state index contributed by atoms with van der Waals surface area (Å²) in [7, 11) is 0.